The Kier molecular flexibility index (Phi) is 7.34. The van der Waals surface area contributed by atoms with Crippen LogP contribution in [0.5, 0.6) is 11.5 Å². The van der Waals surface area contributed by atoms with Crippen LogP contribution in [0.3, 0.4) is 0 Å². The lowest BCUT2D eigenvalue weighted by molar-refractivity contribution is 0.0700. The summed E-state index contributed by atoms with van der Waals surface area (Å²) in [5.74, 6) is 1.45. The van der Waals surface area contributed by atoms with Crippen LogP contribution in [0, 0.1) is 0 Å². The van der Waals surface area contributed by atoms with Crippen LogP contribution in [0.2, 0.25) is 0 Å². The topological polar surface area (TPSA) is 53.7 Å². The minimum absolute atomic E-state index is 0.0279. The Morgan fingerprint density at radius 1 is 1.25 bits per heavy atom. The summed E-state index contributed by atoms with van der Waals surface area (Å²) in [6, 6.07) is 4.12. The van der Waals surface area contributed by atoms with E-state index < -0.39 is 0 Å². The zero-order chi connectivity index (χ0) is 15.1. The summed E-state index contributed by atoms with van der Waals surface area (Å²) in [5, 5.41) is 0. The largest absolute Gasteiger partial charge is 0.490 e. The molecule has 2 N–H and O–H groups in total. The number of methoxy groups -OCH3 is 1. The molecule has 0 radical (unpaired) electrons. The zero-order valence-corrected chi connectivity index (χ0v) is 14.2. The minimum atomic E-state index is 0.0279. The maximum atomic E-state index is 5.85. The molecule has 0 aliphatic heterocycles. The van der Waals surface area contributed by atoms with Gasteiger partial charge in [-0.25, -0.2) is 0 Å². The van der Waals surface area contributed by atoms with Crippen LogP contribution >= 0.6 is 15.9 Å². The normalized spacial score (nSPS) is 13.9. The van der Waals surface area contributed by atoms with Gasteiger partial charge in [-0.2, -0.15) is 0 Å². The fraction of sp³-hybridized carbons (Fsp3) is 0.600. The highest BCUT2D eigenvalue weighted by atomic mass is 79.9. The van der Waals surface area contributed by atoms with E-state index in [0.29, 0.717) is 19.0 Å². The highest BCUT2D eigenvalue weighted by molar-refractivity contribution is 9.10. The van der Waals surface area contributed by atoms with Crippen LogP contribution in [0.25, 0.3) is 0 Å². The van der Waals surface area contributed by atoms with E-state index in [9.17, 15) is 0 Å². The van der Waals surface area contributed by atoms with Crippen LogP contribution in [0.15, 0.2) is 16.6 Å². The molecule has 1 rings (SSSR count). The van der Waals surface area contributed by atoms with Crippen molar-refractivity contribution in [3.63, 3.8) is 0 Å². The molecule has 20 heavy (non-hydrogen) atoms. The van der Waals surface area contributed by atoms with E-state index in [1.165, 1.54) is 0 Å². The van der Waals surface area contributed by atoms with Gasteiger partial charge in [-0.15, -0.1) is 0 Å². The quantitative estimate of drug-likeness (QED) is 0.786. The molecule has 114 valence electrons. The number of ether oxygens (including phenoxy) is 3. The van der Waals surface area contributed by atoms with Crippen molar-refractivity contribution < 1.29 is 14.2 Å². The van der Waals surface area contributed by atoms with Crippen molar-refractivity contribution in [3.8, 4) is 11.5 Å². The maximum absolute atomic E-state index is 5.85. The summed E-state index contributed by atoms with van der Waals surface area (Å²) in [4.78, 5) is 0. The van der Waals surface area contributed by atoms with E-state index in [1.54, 1.807) is 7.11 Å². The Balaban J connectivity index is 2.96. The number of halogens is 1. The molecule has 0 saturated heterocycles. The molecule has 2 atom stereocenters. The van der Waals surface area contributed by atoms with Crippen molar-refractivity contribution in [2.75, 3.05) is 20.3 Å². The first-order valence-electron chi connectivity index (χ1n) is 6.84. The van der Waals surface area contributed by atoms with E-state index in [0.717, 1.165) is 22.2 Å². The number of benzene rings is 1. The van der Waals surface area contributed by atoms with E-state index in [-0.39, 0.29) is 12.1 Å². The highest BCUT2D eigenvalue weighted by Crippen LogP contribution is 2.37. The third-order valence-corrected chi connectivity index (χ3v) is 3.38. The number of hydrogen-bond acceptors (Lipinski definition) is 4. The lowest BCUT2D eigenvalue weighted by Gasteiger charge is -2.18. The number of rotatable bonds is 8. The van der Waals surface area contributed by atoms with Gasteiger partial charge in [0.25, 0.3) is 0 Å². The van der Waals surface area contributed by atoms with E-state index in [4.69, 9.17) is 19.9 Å². The Hall–Kier alpha value is -0.780. The first-order chi connectivity index (χ1) is 9.47. The summed E-state index contributed by atoms with van der Waals surface area (Å²) < 4.78 is 17.5. The summed E-state index contributed by atoms with van der Waals surface area (Å²) in [6.07, 6.45) is 0.827. The first kappa shape index (κ1) is 17.3. The molecule has 0 amide bonds. The van der Waals surface area contributed by atoms with Crippen molar-refractivity contribution in [3.05, 3.63) is 22.2 Å². The number of hydrogen-bond donors (Lipinski definition) is 1. The van der Waals surface area contributed by atoms with Crippen LogP contribution in [0.1, 0.15) is 26.3 Å². The second-order valence-electron chi connectivity index (χ2n) is 4.88. The average molecular weight is 346 g/mol. The second-order valence-corrected chi connectivity index (χ2v) is 5.73. The van der Waals surface area contributed by atoms with Gasteiger partial charge in [0.05, 0.1) is 17.2 Å². The molecule has 0 fully saturated rings. The molecule has 1 aromatic carbocycles. The Labute approximate surface area is 129 Å². The summed E-state index contributed by atoms with van der Waals surface area (Å²) in [5.41, 5.74) is 6.98. The highest BCUT2D eigenvalue weighted by Gasteiger charge is 2.14. The van der Waals surface area contributed by atoms with Crippen LogP contribution in [0.4, 0.5) is 0 Å². The standard InChI is InChI=1S/C15H24BrNO3/c1-5-19-14-8-12(6-10(2)17)7-13(16)15(14)20-9-11(3)18-4/h7-8,10-11H,5-6,9,17H2,1-4H3. The van der Waals surface area contributed by atoms with Gasteiger partial charge in [0.15, 0.2) is 11.5 Å². The smallest absolute Gasteiger partial charge is 0.175 e. The Bertz CT molecular complexity index is 424. The number of nitrogens with two attached hydrogens (primary N) is 1. The molecular formula is C15H24BrNO3. The predicted molar refractivity (Wildman–Crippen MR) is 84.6 cm³/mol. The lowest BCUT2D eigenvalue weighted by Crippen LogP contribution is -2.18. The average Bonchev–Trinajstić information content (AvgIpc) is 2.37. The van der Waals surface area contributed by atoms with Crippen LogP contribution in [-0.2, 0) is 11.2 Å². The molecule has 0 saturated carbocycles. The summed E-state index contributed by atoms with van der Waals surface area (Å²) >= 11 is 3.54. The van der Waals surface area contributed by atoms with Gasteiger partial charge in [-0.05, 0) is 60.8 Å². The molecular weight excluding hydrogens is 322 g/mol. The first-order valence-corrected chi connectivity index (χ1v) is 7.63. The molecule has 0 bridgehead atoms. The second kappa shape index (κ2) is 8.49. The third-order valence-electron chi connectivity index (χ3n) is 2.79. The van der Waals surface area contributed by atoms with Gasteiger partial charge in [0.1, 0.15) is 6.61 Å². The van der Waals surface area contributed by atoms with E-state index in [1.807, 2.05) is 32.9 Å². The molecule has 5 heteroatoms. The summed E-state index contributed by atoms with van der Waals surface area (Å²) in [6.45, 7) is 6.96. The molecule has 0 spiro atoms. The predicted octanol–water partition coefficient (Wildman–Crippen LogP) is 3.15. The molecule has 0 aliphatic rings. The Morgan fingerprint density at radius 2 is 1.95 bits per heavy atom. The fourth-order valence-corrected chi connectivity index (χ4v) is 2.39. The zero-order valence-electron chi connectivity index (χ0n) is 12.6. The van der Waals surface area contributed by atoms with Gasteiger partial charge in [-0.1, -0.05) is 0 Å². The van der Waals surface area contributed by atoms with Gasteiger partial charge in [0.2, 0.25) is 0 Å². The lowest BCUT2D eigenvalue weighted by atomic mass is 10.1. The molecule has 0 aliphatic carbocycles. The van der Waals surface area contributed by atoms with Crippen molar-refractivity contribution in [1.82, 2.24) is 0 Å². The summed E-state index contributed by atoms with van der Waals surface area (Å²) in [7, 11) is 1.66. The van der Waals surface area contributed by atoms with Crippen molar-refractivity contribution in [2.45, 2.75) is 39.3 Å². The molecule has 0 heterocycles. The molecule has 0 aromatic heterocycles. The van der Waals surface area contributed by atoms with E-state index >= 15 is 0 Å². The molecule has 1 aromatic rings. The van der Waals surface area contributed by atoms with E-state index in [2.05, 4.69) is 15.9 Å². The molecule has 4 nitrogen and oxygen atoms in total. The maximum Gasteiger partial charge on any atom is 0.175 e. The minimum Gasteiger partial charge on any atom is -0.490 e. The van der Waals surface area contributed by atoms with Gasteiger partial charge in [0, 0.05) is 13.2 Å². The monoisotopic (exact) mass is 345 g/mol. The third kappa shape index (κ3) is 5.31. The van der Waals surface area contributed by atoms with Crippen molar-refractivity contribution in [1.29, 1.82) is 0 Å². The van der Waals surface area contributed by atoms with Crippen molar-refractivity contribution in [2.24, 2.45) is 5.73 Å². The van der Waals surface area contributed by atoms with Crippen molar-refractivity contribution >= 4 is 15.9 Å². The van der Waals surface area contributed by atoms with Gasteiger partial charge >= 0.3 is 0 Å². The van der Waals surface area contributed by atoms with Crippen LogP contribution < -0.4 is 15.2 Å². The van der Waals surface area contributed by atoms with Gasteiger partial charge in [-0.3, -0.25) is 0 Å². The fourth-order valence-electron chi connectivity index (χ4n) is 1.78. The Morgan fingerprint density at radius 3 is 2.50 bits per heavy atom. The SMILES string of the molecule is CCOc1cc(CC(C)N)cc(Br)c1OCC(C)OC. The van der Waals surface area contributed by atoms with Gasteiger partial charge < -0.3 is 19.9 Å². The molecule has 2 unspecified atom stereocenters. The van der Waals surface area contributed by atoms with Crippen LogP contribution in [-0.4, -0.2) is 32.5 Å².